The van der Waals surface area contributed by atoms with Crippen LogP contribution >= 0.6 is 0 Å². The fraction of sp³-hybridized carbons (Fsp3) is 0.625. The van der Waals surface area contributed by atoms with E-state index in [1.54, 1.807) is 0 Å². The minimum atomic E-state index is 0. The Labute approximate surface area is 78.6 Å². The molecule has 0 amide bonds. The van der Waals surface area contributed by atoms with Gasteiger partial charge < -0.3 is 17.0 Å². The van der Waals surface area contributed by atoms with Gasteiger partial charge in [0, 0.05) is 0 Å². The number of aromatic nitrogens is 2. The molecular weight excluding hydrogens is 204 g/mol. The second kappa shape index (κ2) is 5.35. The van der Waals surface area contributed by atoms with Crippen LogP contribution in [0.1, 0.15) is 20.3 Å². The predicted molar refractivity (Wildman–Crippen MR) is 40.6 cm³/mol. The first-order valence-corrected chi connectivity index (χ1v) is 3.91. The SMILES string of the molecule is CCCn1cc[n+](CC)c1.[Br-]. The standard InChI is InChI=1S/C8H15N2.BrH/c1-3-5-10-7-6-9(4-2)8-10;/h6-8H,3-5H2,1-2H3;1H/q+1;/p-1. The summed E-state index contributed by atoms with van der Waals surface area (Å²) in [4.78, 5) is 0. The van der Waals surface area contributed by atoms with E-state index in [0.717, 1.165) is 13.1 Å². The molecule has 0 aliphatic rings. The van der Waals surface area contributed by atoms with Crippen LogP contribution in [-0.4, -0.2) is 4.57 Å². The molecule has 0 atom stereocenters. The van der Waals surface area contributed by atoms with Gasteiger partial charge in [-0.1, -0.05) is 6.92 Å². The molecule has 0 aliphatic carbocycles. The zero-order valence-corrected chi connectivity index (χ0v) is 8.71. The van der Waals surface area contributed by atoms with Crippen molar-refractivity contribution < 1.29 is 21.5 Å². The second-order valence-electron chi connectivity index (χ2n) is 2.48. The zero-order chi connectivity index (χ0) is 7.40. The van der Waals surface area contributed by atoms with Gasteiger partial charge in [-0.2, -0.15) is 0 Å². The van der Waals surface area contributed by atoms with Crippen LogP contribution in [0.2, 0.25) is 0 Å². The van der Waals surface area contributed by atoms with Crippen molar-refractivity contribution in [3.63, 3.8) is 0 Å². The van der Waals surface area contributed by atoms with E-state index in [4.69, 9.17) is 0 Å². The molecule has 2 nitrogen and oxygen atoms in total. The zero-order valence-electron chi connectivity index (χ0n) is 7.13. The van der Waals surface area contributed by atoms with E-state index in [-0.39, 0.29) is 17.0 Å². The van der Waals surface area contributed by atoms with Crippen LogP contribution in [-0.2, 0) is 13.1 Å². The number of nitrogens with zero attached hydrogens (tertiary/aromatic N) is 2. The number of halogens is 1. The number of aryl methyl sites for hydroxylation is 2. The molecule has 0 radical (unpaired) electrons. The van der Waals surface area contributed by atoms with E-state index in [2.05, 4.69) is 41.7 Å². The van der Waals surface area contributed by atoms with Crippen molar-refractivity contribution in [2.24, 2.45) is 0 Å². The summed E-state index contributed by atoms with van der Waals surface area (Å²) >= 11 is 0. The van der Waals surface area contributed by atoms with Gasteiger partial charge in [-0.05, 0) is 13.3 Å². The summed E-state index contributed by atoms with van der Waals surface area (Å²) in [7, 11) is 0. The summed E-state index contributed by atoms with van der Waals surface area (Å²) in [6.07, 6.45) is 7.57. The molecule has 64 valence electrons. The molecule has 11 heavy (non-hydrogen) atoms. The van der Waals surface area contributed by atoms with Gasteiger partial charge in [-0.3, -0.25) is 0 Å². The van der Waals surface area contributed by atoms with Crippen LogP contribution in [0, 0.1) is 0 Å². The Kier molecular flexibility index (Phi) is 5.20. The average molecular weight is 219 g/mol. The van der Waals surface area contributed by atoms with Crippen LogP contribution in [0.25, 0.3) is 0 Å². The van der Waals surface area contributed by atoms with Gasteiger partial charge >= 0.3 is 0 Å². The minimum absolute atomic E-state index is 0. The molecule has 1 aromatic rings. The maximum atomic E-state index is 2.21. The fourth-order valence-electron chi connectivity index (χ4n) is 1.02. The lowest BCUT2D eigenvalue weighted by atomic mass is 10.5. The van der Waals surface area contributed by atoms with Crippen molar-refractivity contribution in [1.29, 1.82) is 0 Å². The Bertz CT molecular complexity index is 196. The molecule has 0 bridgehead atoms. The van der Waals surface area contributed by atoms with Gasteiger partial charge in [0.25, 0.3) is 0 Å². The summed E-state index contributed by atoms with van der Waals surface area (Å²) in [5.41, 5.74) is 0. The van der Waals surface area contributed by atoms with Crippen molar-refractivity contribution >= 4 is 0 Å². The van der Waals surface area contributed by atoms with E-state index in [9.17, 15) is 0 Å². The smallest absolute Gasteiger partial charge is 0.243 e. The van der Waals surface area contributed by atoms with Crippen LogP contribution in [0.15, 0.2) is 18.7 Å². The molecule has 0 spiro atoms. The second-order valence-corrected chi connectivity index (χ2v) is 2.48. The third-order valence-corrected chi connectivity index (χ3v) is 1.59. The van der Waals surface area contributed by atoms with Crippen LogP contribution in [0.4, 0.5) is 0 Å². The van der Waals surface area contributed by atoms with Gasteiger partial charge in [0.15, 0.2) is 0 Å². The predicted octanol–water partition coefficient (Wildman–Crippen LogP) is -1.79. The molecule has 1 heterocycles. The van der Waals surface area contributed by atoms with Crippen molar-refractivity contribution in [2.45, 2.75) is 33.4 Å². The molecule has 0 fully saturated rings. The number of hydrogen-bond donors (Lipinski definition) is 0. The fourth-order valence-corrected chi connectivity index (χ4v) is 1.02. The highest BCUT2D eigenvalue weighted by Gasteiger charge is 1.97. The Morgan fingerprint density at radius 3 is 2.55 bits per heavy atom. The van der Waals surface area contributed by atoms with E-state index in [1.165, 1.54) is 6.42 Å². The van der Waals surface area contributed by atoms with Gasteiger partial charge in [-0.25, -0.2) is 9.13 Å². The Balaban J connectivity index is 0.000001000. The third kappa shape index (κ3) is 3.06. The molecule has 0 saturated carbocycles. The summed E-state index contributed by atoms with van der Waals surface area (Å²) in [5.74, 6) is 0. The van der Waals surface area contributed by atoms with Gasteiger partial charge in [-0.15, -0.1) is 0 Å². The van der Waals surface area contributed by atoms with Crippen molar-refractivity contribution in [3.8, 4) is 0 Å². The van der Waals surface area contributed by atoms with Crippen LogP contribution in [0.5, 0.6) is 0 Å². The number of imidazole rings is 1. The third-order valence-electron chi connectivity index (χ3n) is 1.59. The van der Waals surface area contributed by atoms with Crippen LogP contribution < -0.4 is 21.5 Å². The topological polar surface area (TPSA) is 8.81 Å². The Hall–Kier alpha value is -0.310. The maximum absolute atomic E-state index is 2.21. The van der Waals surface area contributed by atoms with E-state index in [1.807, 2.05) is 0 Å². The first-order chi connectivity index (χ1) is 4.86. The monoisotopic (exact) mass is 218 g/mol. The molecule has 1 rings (SSSR count). The first kappa shape index (κ1) is 10.7. The van der Waals surface area contributed by atoms with Gasteiger partial charge in [0.1, 0.15) is 12.4 Å². The lowest BCUT2D eigenvalue weighted by Crippen LogP contribution is -3.00. The van der Waals surface area contributed by atoms with E-state index in [0.29, 0.717) is 0 Å². The maximum Gasteiger partial charge on any atom is 0.243 e. The van der Waals surface area contributed by atoms with Crippen molar-refractivity contribution in [1.82, 2.24) is 4.57 Å². The summed E-state index contributed by atoms with van der Waals surface area (Å²) in [5, 5.41) is 0. The van der Waals surface area contributed by atoms with E-state index >= 15 is 0 Å². The molecule has 0 N–H and O–H groups in total. The Morgan fingerprint density at radius 1 is 1.36 bits per heavy atom. The Morgan fingerprint density at radius 2 is 2.09 bits per heavy atom. The molecule has 0 saturated heterocycles. The molecule has 3 heteroatoms. The molecular formula is C8H15BrN2. The van der Waals surface area contributed by atoms with E-state index < -0.39 is 0 Å². The quantitative estimate of drug-likeness (QED) is 0.531. The van der Waals surface area contributed by atoms with Crippen LogP contribution in [0.3, 0.4) is 0 Å². The highest BCUT2D eigenvalue weighted by molar-refractivity contribution is 4.65. The largest absolute Gasteiger partial charge is 1.00 e. The molecule has 0 aromatic carbocycles. The molecule has 0 unspecified atom stereocenters. The minimum Gasteiger partial charge on any atom is -1.00 e. The van der Waals surface area contributed by atoms with Crippen molar-refractivity contribution in [3.05, 3.63) is 18.7 Å². The number of hydrogen-bond acceptors (Lipinski definition) is 0. The summed E-state index contributed by atoms with van der Waals surface area (Å²) < 4.78 is 4.39. The lowest BCUT2D eigenvalue weighted by molar-refractivity contribution is -0.693. The highest BCUT2D eigenvalue weighted by Crippen LogP contribution is 1.86. The first-order valence-electron chi connectivity index (χ1n) is 3.91. The van der Waals surface area contributed by atoms with Gasteiger partial charge in [0.05, 0.1) is 13.1 Å². The molecule has 1 aromatic heterocycles. The highest BCUT2D eigenvalue weighted by atomic mass is 79.9. The van der Waals surface area contributed by atoms with Crippen molar-refractivity contribution in [2.75, 3.05) is 0 Å². The average Bonchev–Trinajstić information content (AvgIpc) is 2.37. The summed E-state index contributed by atoms with van der Waals surface area (Å²) in [6, 6.07) is 0. The molecule has 0 aliphatic heterocycles. The van der Waals surface area contributed by atoms with Gasteiger partial charge in [0.2, 0.25) is 6.33 Å². The summed E-state index contributed by atoms with van der Waals surface area (Å²) in [6.45, 7) is 6.54. The normalized spacial score (nSPS) is 9.27. The lowest BCUT2D eigenvalue weighted by Gasteiger charge is -1.88. The number of rotatable bonds is 3.